The van der Waals surface area contributed by atoms with Crippen LogP contribution in [0.25, 0.3) is 0 Å². The van der Waals surface area contributed by atoms with Crippen molar-refractivity contribution in [3.05, 3.63) is 12.2 Å². The van der Waals surface area contributed by atoms with E-state index < -0.39 is 0 Å². The quantitative estimate of drug-likeness (QED) is 0.329. The molecule has 0 aliphatic rings. The largest absolute Gasteiger partial charge is 0.288 e. The second-order valence-corrected chi connectivity index (χ2v) is 1.93. The Morgan fingerprint density at radius 3 is 2.30 bits per heavy atom. The SMILES string of the molecule is C=C(C)C(=O)C(C)=NC=O. The van der Waals surface area contributed by atoms with Gasteiger partial charge in [0.15, 0.2) is 0 Å². The van der Waals surface area contributed by atoms with Gasteiger partial charge in [-0.25, -0.2) is 4.99 Å². The van der Waals surface area contributed by atoms with E-state index in [2.05, 4.69) is 11.6 Å². The third-order valence-electron chi connectivity index (χ3n) is 0.963. The molecule has 3 heteroatoms. The average molecular weight is 139 g/mol. The molecule has 0 aromatic heterocycles. The van der Waals surface area contributed by atoms with E-state index in [0.717, 1.165) is 0 Å². The molecule has 0 atom stereocenters. The molecule has 10 heavy (non-hydrogen) atoms. The number of aliphatic imine (C=N–C) groups is 1. The molecular weight excluding hydrogens is 130 g/mol. The number of Topliss-reactive ketones (excluding diaryl/α,β-unsaturated/α-hetero) is 1. The lowest BCUT2D eigenvalue weighted by Crippen LogP contribution is -2.10. The molecule has 0 radical (unpaired) electrons. The maximum absolute atomic E-state index is 10.8. The summed E-state index contributed by atoms with van der Waals surface area (Å²) in [6.07, 6.45) is 0.343. The number of ketones is 1. The molecule has 0 heterocycles. The average Bonchev–Trinajstić information content (AvgIpc) is 1.87. The number of hydrogen-bond acceptors (Lipinski definition) is 2. The molecule has 0 saturated carbocycles. The van der Waals surface area contributed by atoms with Crippen LogP contribution >= 0.6 is 0 Å². The number of nitrogens with zero attached hydrogens (tertiary/aromatic N) is 1. The van der Waals surface area contributed by atoms with Crippen molar-refractivity contribution in [1.29, 1.82) is 0 Å². The lowest BCUT2D eigenvalue weighted by atomic mass is 10.1. The summed E-state index contributed by atoms with van der Waals surface area (Å²) in [7, 11) is 0. The minimum Gasteiger partial charge on any atom is -0.288 e. The summed E-state index contributed by atoms with van der Waals surface area (Å²) in [6.45, 7) is 6.47. The summed E-state index contributed by atoms with van der Waals surface area (Å²) in [5, 5.41) is 0. The highest BCUT2D eigenvalue weighted by Gasteiger charge is 2.04. The molecule has 0 N–H and O–H groups in total. The van der Waals surface area contributed by atoms with Crippen LogP contribution in [0.3, 0.4) is 0 Å². The van der Waals surface area contributed by atoms with Crippen molar-refractivity contribution in [2.75, 3.05) is 0 Å². The Balaban J connectivity index is 4.36. The maximum atomic E-state index is 10.8. The fourth-order valence-corrected chi connectivity index (χ4v) is 0.447. The number of rotatable bonds is 3. The summed E-state index contributed by atoms with van der Waals surface area (Å²) < 4.78 is 0. The zero-order chi connectivity index (χ0) is 8.15. The first-order chi connectivity index (χ1) is 4.59. The van der Waals surface area contributed by atoms with Gasteiger partial charge < -0.3 is 0 Å². The Hall–Kier alpha value is -1.25. The van der Waals surface area contributed by atoms with Crippen LogP contribution in [-0.2, 0) is 9.59 Å². The molecule has 1 amide bonds. The molecule has 0 spiro atoms. The van der Waals surface area contributed by atoms with E-state index in [1.165, 1.54) is 6.92 Å². The van der Waals surface area contributed by atoms with Crippen LogP contribution < -0.4 is 0 Å². The number of allylic oxidation sites excluding steroid dienone is 1. The van der Waals surface area contributed by atoms with E-state index in [-0.39, 0.29) is 11.5 Å². The molecule has 0 unspecified atom stereocenters. The fraction of sp³-hybridized carbons (Fsp3) is 0.286. The minimum absolute atomic E-state index is 0.183. The van der Waals surface area contributed by atoms with Crippen LogP contribution in [0.5, 0.6) is 0 Å². The van der Waals surface area contributed by atoms with Crippen LogP contribution in [0.1, 0.15) is 13.8 Å². The smallest absolute Gasteiger partial charge is 0.233 e. The van der Waals surface area contributed by atoms with E-state index in [4.69, 9.17) is 0 Å². The van der Waals surface area contributed by atoms with Gasteiger partial charge in [0.2, 0.25) is 12.2 Å². The molecule has 0 fully saturated rings. The van der Waals surface area contributed by atoms with Crippen molar-refractivity contribution in [1.82, 2.24) is 0 Å². The van der Waals surface area contributed by atoms with Crippen molar-refractivity contribution >= 4 is 17.9 Å². The van der Waals surface area contributed by atoms with Crippen LogP contribution in [0, 0.1) is 0 Å². The van der Waals surface area contributed by atoms with E-state index in [1.54, 1.807) is 6.92 Å². The third kappa shape index (κ3) is 2.35. The summed E-state index contributed by atoms with van der Waals surface area (Å²) >= 11 is 0. The lowest BCUT2D eigenvalue weighted by Gasteiger charge is -1.93. The van der Waals surface area contributed by atoms with Gasteiger partial charge in [0.25, 0.3) is 0 Å². The normalized spacial score (nSPS) is 10.8. The highest BCUT2D eigenvalue weighted by molar-refractivity contribution is 6.45. The Bertz CT molecular complexity index is 204. The van der Waals surface area contributed by atoms with Gasteiger partial charge in [0.05, 0.1) is 5.71 Å². The van der Waals surface area contributed by atoms with Gasteiger partial charge in [-0.3, -0.25) is 9.59 Å². The van der Waals surface area contributed by atoms with Crippen LogP contribution in [0.2, 0.25) is 0 Å². The fourth-order valence-electron chi connectivity index (χ4n) is 0.447. The van der Waals surface area contributed by atoms with Crippen molar-refractivity contribution in [3.8, 4) is 0 Å². The van der Waals surface area contributed by atoms with Gasteiger partial charge in [0.1, 0.15) is 0 Å². The third-order valence-corrected chi connectivity index (χ3v) is 0.963. The van der Waals surface area contributed by atoms with Crippen molar-refractivity contribution < 1.29 is 9.59 Å². The van der Waals surface area contributed by atoms with E-state index in [9.17, 15) is 9.59 Å². The first-order valence-electron chi connectivity index (χ1n) is 2.78. The maximum Gasteiger partial charge on any atom is 0.233 e. The van der Waals surface area contributed by atoms with Crippen LogP contribution in [-0.4, -0.2) is 17.9 Å². The highest BCUT2D eigenvalue weighted by Crippen LogP contribution is 1.91. The first-order valence-corrected chi connectivity index (χ1v) is 2.78. The Morgan fingerprint density at radius 1 is 1.50 bits per heavy atom. The number of amides is 1. The van der Waals surface area contributed by atoms with E-state index >= 15 is 0 Å². The van der Waals surface area contributed by atoms with Crippen LogP contribution in [0.15, 0.2) is 17.1 Å². The minimum atomic E-state index is -0.271. The van der Waals surface area contributed by atoms with Crippen molar-refractivity contribution in [2.24, 2.45) is 4.99 Å². The number of carbonyl (C=O) groups excluding carboxylic acids is 2. The standard InChI is InChI=1S/C7H9NO2/c1-5(2)7(10)6(3)8-4-9/h4H,1H2,2-3H3. The van der Waals surface area contributed by atoms with Gasteiger partial charge in [0, 0.05) is 0 Å². The van der Waals surface area contributed by atoms with Crippen LogP contribution in [0.4, 0.5) is 0 Å². The number of carbonyl (C=O) groups is 2. The molecule has 0 bridgehead atoms. The molecule has 0 aromatic rings. The summed E-state index contributed by atoms with van der Waals surface area (Å²) in [5.74, 6) is -0.271. The molecular formula is C7H9NO2. The molecule has 0 aliphatic carbocycles. The second-order valence-electron chi connectivity index (χ2n) is 1.93. The van der Waals surface area contributed by atoms with Gasteiger partial charge in [-0.2, -0.15) is 0 Å². The monoisotopic (exact) mass is 139 g/mol. The molecule has 0 aliphatic heterocycles. The molecule has 54 valence electrons. The van der Waals surface area contributed by atoms with Gasteiger partial charge in [-0.15, -0.1) is 0 Å². The zero-order valence-corrected chi connectivity index (χ0v) is 6.05. The van der Waals surface area contributed by atoms with E-state index in [1.807, 2.05) is 0 Å². The Morgan fingerprint density at radius 2 is 2.00 bits per heavy atom. The lowest BCUT2D eigenvalue weighted by molar-refractivity contribution is -0.110. The number of hydrogen-bond donors (Lipinski definition) is 0. The zero-order valence-electron chi connectivity index (χ0n) is 6.05. The summed E-state index contributed by atoms with van der Waals surface area (Å²) in [5.41, 5.74) is 0.575. The molecule has 0 aromatic carbocycles. The summed E-state index contributed by atoms with van der Waals surface area (Å²) in [4.78, 5) is 23.9. The van der Waals surface area contributed by atoms with Crippen molar-refractivity contribution in [2.45, 2.75) is 13.8 Å². The topological polar surface area (TPSA) is 46.5 Å². The molecule has 0 rings (SSSR count). The summed E-state index contributed by atoms with van der Waals surface area (Å²) in [6, 6.07) is 0. The van der Waals surface area contributed by atoms with Crippen molar-refractivity contribution in [3.63, 3.8) is 0 Å². The van der Waals surface area contributed by atoms with Gasteiger partial charge >= 0.3 is 0 Å². The first kappa shape index (κ1) is 8.75. The second kappa shape index (κ2) is 3.71. The Labute approximate surface area is 59.5 Å². The van der Waals surface area contributed by atoms with Gasteiger partial charge in [-0.05, 0) is 19.4 Å². The predicted octanol–water partition coefficient (Wildman–Crippen LogP) is 0.749. The molecule has 3 nitrogen and oxygen atoms in total. The predicted molar refractivity (Wildman–Crippen MR) is 39.0 cm³/mol. The highest BCUT2D eigenvalue weighted by atomic mass is 16.1. The molecule has 0 saturated heterocycles. The Kier molecular flexibility index (Phi) is 3.25. The van der Waals surface area contributed by atoms with E-state index in [0.29, 0.717) is 12.0 Å². The van der Waals surface area contributed by atoms with Gasteiger partial charge in [-0.1, -0.05) is 6.58 Å².